The number of benzene rings is 1. The zero-order chi connectivity index (χ0) is 13.1. The van der Waals surface area contributed by atoms with Crippen molar-refractivity contribution in [2.75, 3.05) is 13.2 Å². The van der Waals surface area contributed by atoms with E-state index in [9.17, 15) is 0 Å². The number of fused-ring (bicyclic) bond motifs is 1. The number of nitrogens with two attached hydrogens (primary N) is 1. The Morgan fingerprint density at radius 1 is 1.37 bits per heavy atom. The van der Waals surface area contributed by atoms with Crippen molar-refractivity contribution in [3.05, 3.63) is 29.8 Å². The van der Waals surface area contributed by atoms with E-state index in [0.29, 0.717) is 12.0 Å². The third-order valence-corrected chi connectivity index (χ3v) is 4.26. The molecule has 0 aliphatic carbocycles. The van der Waals surface area contributed by atoms with E-state index in [1.165, 1.54) is 18.4 Å². The molecule has 4 heteroatoms. The van der Waals surface area contributed by atoms with Crippen LogP contribution in [0.4, 0.5) is 0 Å². The van der Waals surface area contributed by atoms with Crippen molar-refractivity contribution in [1.29, 1.82) is 0 Å². The molecule has 0 bridgehead atoms. The van der Waals surface area contributed by atoms with Gasteiger partial charge in [0.05, 0.1) is 12.7 Å². The van der Waals surface area contributed by atoms with Gasteiger partial charge in [-0.1, -0.05) is 18.2 Å². The van der Waals surface area contributed by atoms with Crippen molar-refractivity contribution in [2.45, 2.75) is 43.7 Å². The predicted octanol–water partition coefficient (Wildman–Crippen LogP) is 1.95. The summed E-state index contributed by atoms with van der Waals surface area (Å²) in [7, 11) is 0. The summed E-state index contributed by atoms with van der Waals surface area (Å²) in [5, 5.41) is 0. The Kier molecular flexibility index (Phi) is 4.01. The number of para-hydroxylation sites is 1. The molecule has 104 valence electrons. The van der Waals surface area contributed by atoms with Gasteiger partial charge in [0.25, 0.3) is 0 Å². The first-order valence-electron chi connectivity index (χ1n) is 7.18. The Bertz CT molecular complexity index is 418. The van der Waals surface area contributed by atoms with Crippen LogP contribution in [0.3, 0.4) is 0 Å². The third-order valence-electron chi connectivity index (χ3n) is 4.26. The highest BCUT2D eigenvalue weighted by molar-refractivity contribution is 5.40. The number of nitrogens with one attached hydrogen (secondary N) is 1. The topological polar surface area (TPSA) is 56.5 Å². The van der Waals surface area contributed by atoms with Crippen LogP contribution in [0.15, 0.2) is 24.3 Å². The molecular formula is C15H22N2O2. The molecule has 19 heavy (non-hydrogen) atoms. The van der Waals surface area contributed by atoms with Crippen LogP contribution in [0.2, 0.25) is 0 Å². The molecule has 2 aliphatic rings. The molecule has 2 aliphatic heterocycles. The minimum Gasteiger partial charge on any atom is -0.493 e. The minimum absolute atomic E-state index is 0.257. The van der Waals surface area contributed by atoms with E-state index >= 15 is 0 Å². The van der Waals surface area contributed by atoms with E-state index in [-0.39, 0.29) is 6.04 Å². The molecular weight excluding hydrogens is 240 g/mol. The van der Waals surface area contributed by atoms with E-state index in [0.717, 1.165) is 31.8 Å². The van der Waals surface area contributed by atoms with Crippen molar-refractivity contribution >= 4 is 0 Å². The highest BCUT2D eigenvalue weighted by Crippen LogP contribution is 2.36. The average molecular weight is 262 g/mol. The lowest BCUT2D eigenvalue weighted by molar-refractivity contribution is 0.0981. The summed E-state index contributed by atoms with van der Waals surface area (Å²) in [6.07, 6.45) is 4.92. The normalized spacial score (nSPS) is 27.0. The van der Waals surface area contributed by atoms with Crippen molar-refractivity contribution in [3.8, 4) is 5.75 Å². The van der Waals surface area contributed by atoms with Crippen LogP contribution < -0.4 is 16.0 Å². The highest BCUT2D eigenvalue weighted by Gasteiger charge is 2.31. The van der Waals surface area contributed by atoms with Crippen LogP contribution in [-0.4, -0.2) is 25.4 Å². The maximum atomic E-state index is 5.75. The Hall–Kier alpha value is -1.10. The summed E-state index contributed by atoms with van der Waals surface area (Å²) < 4.78 is 11.4. The van der Waals surface area contributed by atoms with Gasteiger partial charge in [0.2, 0.25) is 0 Å². The molecule has 1 saturated heterocycles. The molecule has 0 amide bonds. The van der Waals surface area contributed by atoms with Crippen LogP contribution in [0, 0.1) is 0 Å². The van der Waals surface area contributed by atoms with Gasteiger partial charge in [0.1, 0.15) is 5.75 Å². The van der Waals surface area contributed by atoms with Crippen molar-refractivity contribution in [2.24, 2.45) is 5.84 Å². The van der Waals surface area contributed by atoms with Gasteiger partial charge in [-0.25, -0.2) is 0 Å². The van der Waals surface area contributed by atoms with Crippen molar-refractivity contribution in [3.63, 3.8) is 0 Å². The SMILES string of the molecule is NNC(CCC1CCCO1)C1COc2ccccc21. The summed E-state index contributed by atoms with van der Waals surface area (Å²) in [5.41, 5.74) is 4.25. The van der Waals surface area contributed by atoms with E-state index in [1.807, 2.05) is 12.1 Å². The maximum Gasteiger partial charge on any atom is 0.122 e. The Labute approximate surface area is 114 Å². The summed E-state index contributed by atoms with van der Waals surface area (Å²) in [5.74, 6) is 7.10. The van der Waals surface area contributed by atoms with Crippen LogP contribution in [0.1, 0.15) is 37.2 Å². The predicted molar refractivity (Wildman–Crippen MR) is 74.0 cm³/mol. The fourth-order valence-corrected chi connectivity index (χ4v) is 3.16. The fourth-order valence-electron chi connectivity index (χ4n) is 3.16. The second-order valence-electron chi connectivity index (χ2n) is 5.44. The van der Waals surface area contributed by atoms with Crippen molar-refractivity contribution in [1.82, 2.24) is 5.43 Å². The molecule has 0 saturated carbocycles. The molecule has 2 heterocycles. The molecule has 3 unspecified atom stereocenters. The van der Waals surface area contributed by atoms with Crippen LogP contribution in [0.5, 0.6) is 5.75 Å². The van der Waals surface area contributed by atoms with Gasteiger partial charge in [0.15, 0.2) is 0 Å². The third kappa shape index (κ3) is 2.76. The summed E-state index contributed by atoms with van der Waals surface area (Å²) >= 11 is 0. The molecule has 3 atom stereocenters. The average Bonchev–Trinajstić information content (AvgIpc) is 3.09. The summed E-state index contributed by atoms with van der Waals surface area (Å²) in [6, 6.07) is 8.51. The molecule has 1 aromatic rings. The monoisotopic (exact) mass is 262 g/mol. The smallest absolute Gasteiger partial charge is 0.122 e. The van der Waals surface area contributed by atoms with Gasteiger partial charge in [-0.3, -0.25) is 11.3 Å². The quantitative estimate of drug-likeness (QED) is 0.629. The zero-order valence-electron chi connectivity index (χ0n) is 11.2. The Morgan fingerprint density at radius 2 is 2.26 bits per heavy atom. The number of ether oxygens (including phenoxy) is 2. The Morgan fingerprint density at radius 3 is 3.05 bits per heavy atom. The fraction of sp³-hybridized carbons (Fsp3) is 0.600. The van der Waals surface area contributed by atoms with E-state index < -0.39 is 0 Å². The zero-order valence-corrected chi connectivity index (χ0v) is 11.2. The van der Waals surface area contributed by atoms with E-state index in [2.05, 4.69) is 17.6 Å². The standard InChI is InChI=1S/C15H22N2O2/c16-17-14(8-7-11-4-3-9-18-11)13-10-19-15-6-2-1-5-12(13)15/h1-2,5-6,11,13-14,17H,3-4,7-10,16H2. The number of rotatable bonds is 5. The Balaban J connectivity index is 1.62. The van der Waals surface area contributed by atoms with Gasteiger partial charge in [-0.2, -0.15) is 0 Å². The van der Waals surface area contributed by atoms with E-state index in [1.54, 1.807) is 0 Å². The summed E-state index contributed by atoms with van der Waals surface area (Å²) in [6.45, 7) is 1.64. The highest BCUT2D eigenvalue weighted by atomic mass is 16.5. The lowest BCUT2D eigenvalue weighted by Crippen LogP contribution is -2.41. The molecule has 3 rings (SSSR count). The molecule has 0 aromatic heterocycles. The van der Waals surface area contributed by atoms with Gasteiger partial charge in [-0.15, -0.1) is 0 Å². The molecule has 0 spiro atoms. The molecule has 4 nitrogen and oxygen atoms in total. The van der Waals surface area contributed by atoms with Gasteiger partial charge in [-0.05, 0) is 31.7 Å². The van der Waals surface area contributed by atoms with Gasteiger partial charge < -0.3 is 9.47 Å². The lowest BCUT2D eigenvalue weighted by Gasteiger charge is -2.23. The second-order valence-corrected chi connectivity index (χ2v) is 5.44. The number of hydrogen-bond donors (Lipinski definition) is 2. The molecule has 1 aromatic carbocycles. The lowest BCUT2D eigenvalue weighted by atomic mass is 9.90. The van der Waals surface area contributed by atoms with Gasteiger partial charge in [0, 0.05) is 24.1 Å². The molecule has 1 fully saturated rings. The molecule has 0 radical (unpaired) electrons. The second kappa shape index (κ2) is 5.90. The first-order valence-corrected chi connectivity index (χ1v) is 7.18. The van der Waals surface area contributed by atoms with Crippen LogP contribution >= 0.6 is 0 Å². The number of hydrogen-bond acceptors (Lipinski definition) is 4. The summed E-state index contributed by atoms with van der Waals surface area (Å²) in [4.78, 5) is 0. The maximum absolute atomic E-state index is 5.75. The first kappa shape index (κ1) is 12.9. The minimum atomic E-state index is 0.257. The number of hydrazine groups is 1. The largest absolute Gasteiger partial charge is 0.493 e. The first-order chi connectivity index (χ1) is 9.38. The van der Waals surface area contributed by atoms with Gasteiger partial charge >= 0.3 is 0 Å². The van der Waals surface area contributed by atoms with Crippen LogP contribution in [-0.2, 0) is 4.74 Å². The van der Waals surface area contributed by atoms with Crippen molar-refractivity contribution < 1.29 is 9.47 Å². The molecule has 3 N–H and O–H groups in total. The van der Waals surface area contributed by atoms with E-state index in [4.69, 9.17) is 15.3 Å². The van der Waals surface area contributed by atoms with Crippen LogP contribution in [0.25, 0.3) is 0 Å².